The van der Waals surface area contributed by atoms with E-state index in [1.807, 2.05) is 13.8 Å². The van der Waals surface area contributed by atoms with Crippen LogP contribution in [0.5, 0.6) is 0 Å². The summed E-state index contributed by atoms with van der Waals surface area (Å²) < 4.78 is 12.0. The molecule has 1 aromatic rings. The van der Waals surface area contributed by atoms with Crippen LogP contribution in [0.3, 0.4) is 0 Å². The molecule has 0 saturated heterocycles. The smallest absolute Gasteiger partial charge is 0.0651 e. The number of hydrogen-bond acceptors (Lipinski definition) is 2. The van der Waals surface area contributed by atoms with Gasteiger partial charge in [0.15, 0.2) is 0 Å². The lowest BCUT2D eigenvalue weighted by Gasteiger charge is -2.27. The van der Waals surface area contributed by atoms with Crippen molar-refractivity contribution in [3.63, 3.8) is 0 Å². The van der Waals surface area contributed by atoms with E-state index in [0.29, 0.717) is 17.2 Å². The van der Waals surface area contributed by atoms with Gasteiger partial charge in [0.25, 0.3) is 0 Å². The van der Waals surface area contributed by atoms with Gasteiger partial charge in [-0.25, -0.2) is 0 Å². The van der Waals surface area contributed by atoms with Crippen molar-refractivity contribution in [3.05, 3.63) is 29.3 Å². The lowest BCUT2D eigenvalue weighted by atomic mass is 9.90. The van der Waals surface area contributed by atoms with Crippen molar-refractivity contribution < 1.29 is 9.32 Å². The van der Waals surface area contributed by atoms with Gasteiger partial charge >= 0.3 is 0 Å². The van der Waals surface area contributed by atoms with Gasteiger partial charge in [-0.05, 0) is 43.5 Å². The molecule has 2 unspecified atom stereocenters. The van der Waals surface area contributed by atoms with Crippen molar-refractivity contribution in [1.82, 2.24) is 0 Å². The van der Waals surface area contributed by atoms with Crippen molar-refractivity contribution in [2.45, 2.75) is 37.7 Å². The quantitative estimate of drug-likeness (QED) is 0.895. The maximum atomic E-state index is 12.0. The second kappa shape index (κ2) is 5.98. The fraction of sp³-hybridized carbons (Fsp3) is 0.538. The average Bonchev–Trinajstić information content (AvgIpc) is 2.27. The molecule has 0 aliphatic carbocycles. The number of rotatable bonds is 5. The zero-order valence-electron chi connectivity index (χ0n) is 10.4. The summed E-state index contributed by atoms with van der Waals surface area (Å²) in [7, 11) is -1.07. The predicted octanol–water partition coefficient (Wildman–Crippen LogP) is 3.24. The standard InChI is InChI=1S/C13H19ClO2S/c1-10(2)13(3,15)8-9-17(16)12-6-4-11(14)5-7-12/h4-7,10,15H,8-9H2,1-3H3. The third kappa shape index (κ3) is 4.41. The van der Waals surface area contributed by atoms with Gasteiger partial charge in [-0.1, -0.05) is 25.4 Å². The molecule has 17 heavy (non-hydrogen) atoms. The van der Waals surface area contributed by atoms with Gasteiger partial charge in [0.2, 0.25) is 0 Å². The van der Waals surface area contributed by atoms with Crippen LogP contribution in [0, 0.1) is 5.92 Å². The monoisotopic (exact) mass is 274 g/mol. The molecule has 1 N–H and O–H groups in total. The molecule has 0 bridgehead atoms. The van der Waals surface area contributed by atoms with Gasteiger partial charge in [-0.15, -0.1) is 0 Å². The maximum absolute atomic E-state index is 12.0. The molecular formula is C13H19ClO2S. The SMILES string of the molecule is CC(C)C(C)(O)CCS(=O)c1ccc(Cl)cc1. The van der Waals surface area contributed by atoms with Crippen LogP contribution in [0.1, 0.15) is 27.2 Å². The number of benzene rings is 1. The summed E-state index contributed by atoms with van der Waals surface area (Å²) in [5.74, 6) is 0.622. The molecule has 0 saturated carbocycles. The van der Waals surface area contributed by atoms with Gasteiger partial charge in [-0.2, -0.15) is 0 Å². The normalized spacial score (nSPS) is 16.8. The fourth-order valence-electron chi connectivity index (χ4n) is 1.29. The Morgan fingerprint density at radius 2 is 1.88 bits per heavy atom. The van der Waals surface area contributed by atoms with Gasteiger partial charge in [-0.3, -0.25) is 4.21 Å². The minimum Gasteiger partial charge on any atom is -0.390 e. The van der Waals surface area contributed by atoms with Crippen molar-refractivity contribution in [2.75, 3.05) is 5.75 Å². The van der Waals surface area contributed by atoms with Crippen LogP contribution < -0.4 is 0 Å². The molecule has 0 fully saturated rings. The summed E-state index contributed by atoms with van der Waals surface area (Å²) in [6, 6.07) is 7.00. The molecule has 4 heteroatoms. The van der Waals surface area contributed by atoms with E-state index in [-0.39, 0.29) is 5.92 Å². The molecule has 0 aromatic heterocycles. The summed E-state index contributed by atoms with van der Waals surface area (Å²) in [6.45, 7) is 5.72. The van der Waals surface area contributed by atoms with Crippen molar-refractivity contribution in [1.29, 1.82) is 0 Å². The summed E-state index contributed by atoms with van der Waals surface area (Å²) in [5.41, 5.74) is -0.762. The molecule has 2 atom stereocenters. The molecule has 96 valence electrons. The van der Waals surface area contributed by atoms with Crippen molar-refractivity contribution in [3.8, 4) is 0 Å². The Bertz CT molecular complexity index is 385. The highest BCUT2D eigenvalue weighted by Crippen LogP contribution is 2.22. The molecule has 2 nitrogen and oxygen atoms in total. The van der Waals surface area contributed by atoms with Crippen LogP contribution in [0.2, 0.25) is 5.02 Å². The van der Waals surface area contributed by atoms with Gasteiger partial charge in [0.1, 0.15) is 0 Å². The zero-order chi connectivity index (χ0) is 13.1. The highest BCUT2D eigenvalue weighted by atomic mass is 35.5. The fourth-order valence-corrected chi connectivity index (χ4v) is 2.69. The molecule has 1 aromatic carbocycles. The second-order valence-electron chi connectivity index (χ2n) is 4.77. The summed E-state index contributed by atoms with van der Waals surface area (Å²) >= 11 is 5.77. The first kappa shape index (κ1) is 14.7. The number of halogens is 1. The molecule has 0 spiro atoms. The van der Waals surface area contributed by atoms with Crippen LogP contribution in [0.4, 0.5) is 0 Å². The van der Waals surface area contributed by atoms with Gasteiger partial charge in [0, 0.05) is 15.7 Å². The van der Waals surface area contributed by atoms with E-state index in [1.165, 1.54) is 0 Å². The van der Waals surface area contributed by atoms with Crippen LogP contribution in [-0.4, -0.2) is 20.7 Å². The maximum Gasteiger partial charge on any atom is 0.0651 e. The predicted molar refractivity (Wildman–Crippen MR) is 72.8 cm³/mol. The molecule has 0 radical (unpaired) electrons. The molecular weight excluding hydrogens is 256 g/mol. The van der Waals surface area contributed by atoms with E-state index >= 15 is 0 Å². The third-order valence-corrected chi connectivity index (χ3v) is 4.74. The molecule has 0 amide bonds. The minimum atomic E-state index is -1.07. The van der Waals surface area contributed by atoms with Gasteiger partial charge in [0.05, 0.1) is 16.4 Å². The van der Waals surface area contributed by atoms with Crippen LogP contribution in [0.15, 0.2) is 29.2 Å². The Labute approximate surface area is 110 Å². The van der Waals surface area contributed by atoms with Crippen LogP contribution in [0.25, 0.3) is 0 Å². The van der Waals surface area contributed by atoms with E-state index in [4.69, 9.17) is 11.6 Å². The van der Waals surface area contributed by atoms with E-state index in [0.717, 1.165) is 4.90 Å². The third-order valence-electron chi connectivity index (χ3n) is 3.11. The van der Waals surface area contributed by atoms with Gasteiger partial charge < -0.3 is 5.11 Å². The van der Waals surface area contributed by atoms with E-state index < -0.39 is 16.4 Å². The number of hydrogen-bond donors (Lipinski definition) is 1. The first-order valence-corrected chi connectivity index (χ1v) is 7.39. The molecule has 0 aliphatic heterocycles. The molecule has 1 rings (SSSR count). The largest absolute Gasteiger partial charge is 0.390 e. The Hall–Kier alpha value is -0.380. The van der Waals surface area contributed by atoms with Crippen molar-refractivity contribution >= 4 is 22.4 Å². The highest BCUT2D eigenvalue weighted by Gasteiger charge is 2.25. The van der Waals surface area contributed by atoms with E-state index in [2.05, 4.69) is 0 Å². The first-order chi connectivity index (χ1) is 7.83. The topological polar surface area (TPSA) is 37.3 Å². The summed E-state index contributed by atoms with van der Waals surface area (Å²) in [5, 5.41) is 10.7. The Kier molecular flexibility index (Phi) is 5.17. The Morgan fingerprint density at radius 1 is 1.35 bits per heavy atom. The number of aliphatic hydroxyl groups is 1. The molecule has 0 heterocycles. The Morgan fingerprint density at radius 3 is 2.35 bits per heavy atom. The van der Waals surface area contributed by atoms with Crippen molar-refractivity contribution in [2.24, 2.45) is 5.92 Å². The minimum absolute atomic E-state index is 0.157. The molecule has 0 aliphatic rings. The lowest BCUT2D eigenvalue weighted by Crippen LogP contribution is -2.32. The zero-order valence-corrected chi connectivity index (χ0v) is 12.0. The second-order valence-corrected chi connectivity index (χ2v) is 6.77. The van der Waals surface area contributed by atoms with E-state index in [9.17, 15) is 9.32 Å². The summed E-state index contributed by atoms with van der Waals surface area (Å²) in [6.07, 6.45) is 0.528. The lowest BCUT2D eigenvalue weighted by molar-refractivity contribution is 0.0109. The highest BCUT2D eigenvalue weighted by molar-refractivity contribution is 7.85. The van der Waals surface area contributed by atoms with Crippen LogP contribution in [-0.2, 0) is 10.8 Å². The summed E-state index contributed by atoms with van der Waals surface area (Å²) in [4.78, 5) is 0.758. The average molecular weight is 275 g/mol. The van der Waals surface area contributed by atoms with Crippen LogP contribution >= 0.6 is 11.6 Å². The van der Waals surface area contributed by atoms with E-state index in [1.54, 1.807) is 31.2 Å². The first-order valence-electron chi connectivity index (χ1n) is 5.69. The Balaban J connectivity index is 2.59.